The number of nitrogens with zero attached hydrogens (tertiary/aromatic N) is 1. The maximum Gasteiger partial charge on any atom is 0.474 e. The zero-order valence-electron chi connectivity index (χ0n) is 13.7. The number of halogens is 1. The number of aliphatic imine (C=N–C) groups is 1. The van der Waals surface area contributed by atoms with E-state index in [2.05, 4.69) is 37.4 Å². The second kappa shape index (κ2) is 20.7. The Kier molecular flexibility index (Phi) is 25.1. The fourth-order valence-electron chi connectivity index (χ4n) is 1.05. The molecular formula is C13H30ClN2O5P. The van der Waals surface area contributed by atoms with Gasteiger partial charge in [0.05, 0.1) is 13.2 Å². The molecule has 0 radical (unpaired) electrons. The van der Waals surface area contributed by atoms with E-state index in [-0.39, 0.29) is 25.6 Å². The summed E-state index contributed by atoms with van der Waals surface area (Å²) in [6, 6.07) is 0. The average molecular weight is 361 g/mol. The molecule has 7 nitrogen and oxygen atoms in total. The van der Waals surface area contributed by atoms with Gasteiger partial charge >= 0.3 is 7.82 Å². The predicted molar refractivity (Wildman–Crippen MR) is 93.2 cm³/mol. The van der Waals surface area contributed by atoms with Crippen LogP contribution in [0.5, 0.6) is 0 Å². The highest BCUT2D eigenvalue weighted by atomic mass is 35.5. The van der Waals surface area contributed by atoms with Crippen LogP contribution >= 0.6 is 20.2 Å². The Balaban J connectivity index is -0.000000315. The van der Waals surface area contributed by atoms with Crippen molar-refractivity contribution in [1.29, 1.82) is 0 Å². The first-order chi connectivity index (χ1) is 10.1. The van der Waals surface area contributed by atoms with Gasteiger partial charge < -0.3 is 10.4 Å². The first kappa shape index (κ1) is 26.6. The van der Waals surface area contributed by atoms with Crippen LogP contribution in [0.4, 0.5) is 0 Å². The van der Waals surface area contributed by atoms with Crippen molar-refractivity contribution in [2.75, 3.05) is 47.1 Å². The minimum Gasteiger partial charge on any atom is -0.394 e. The fraction of sp³-hybridized carbons (Fsp3) is 0.769. The smallest absolute Gasteiger partial charge is 0.394 e. The molecule has 0 aliphatic heterocycles. The van der Waals surface area contributed by atoms with Gasteiger partial charge in [-0.2, -0.15) is 0 Å². The molecule has 0 saturated carbocycles. The lowest BCUT2D eigenvalue weighted by molar-refractivity contribution is 0.124. The van der Waals surface area contributed by atoms with E-state index in [1.807, 2.05) is 12.3 Å². The van der Waals surface area contributed by atoms with Crippen LogP contribution in [-0.2, 0) is 18.1 Å². The van der Waals surface area contributed by atoms with Gasteiger partial charge in [-0.25, -0.2) is 4.57 Å². The third-order valence-corrected chi connectivity index (χ3v) is 3.42. The van der Waals surface area contributed by atoms with Gasteiger partial charge in [-0.1, -0.05) is 13.0 Å². The quantitative estimate of drug-likeness (QED) is 0.240. The largest absolute Gasteiger partial charge is 0.474 e. The third kappa shape index (κ3) is 19.7. The molecule has 22 heavy (non-hydrogen) atoms. The Bertz CT molecular complexity index is 298. The van der Waals surface area contributed by atoms with Crippen LogP contribution in [0.2, 0.25) is 0 Å². The highest BCUT2D eigenvalue weighted by Crippen LogP contribution is 2.47. The second-order valence-electron chi connectivity index (χ2n) is 3.71. The minimum atomic E-state index is -3.36. The second-order valence-corrected chi connectivity index (χ2v) is 5.60. The molecule has 0 atom stereocenters. The van der Waals surface area contributed by atoms with E-state index in [1.165, 1.54) is 14.2 Å². The van der Waals surface area contributed by atoms with E-state index in [4.69, 9.17) is 5.11 Å². The summed E-state index contributed by atoms with van der Waals surface area (Å²) in [5, 5.41) is 11.5. The number of aliphatic hydroxyl groups excluding tert-OH is 1. The number of rotatable bonds is 12. The predicted octanol–water partition coefficient (Wildman–Crippen LogP) is 2.45. The summed E-state index contributed by atoms with van der Waals surface area (Å²) in [5.41, 5.74) is 0. The molecule has 0 aromatic heterocycles. The molecule has 0 aliphatic carbocycles. The highest BCUT2D eigenvalue weighted by molar-refractivity contribution is 7.48. The Morgan fingerprint density at radius 2 is 2.00 bits per heavy atom. The van der Waals surface area contributed by atoms with E-state index >= 15 is 0 Å². The number of hydrogen-bond donors (Lipinski definition) is 2. The van der Waals surface area contributed by atoms with E-state index in [9.17, 15) is 4.57 Å². The topological polar surface area (TPSA) is 89.4 Å². The van der Waals surface area contributed by atoms with Crippen LogP contribution in [0, 0.1) is 0 Å². The average Bonchev–Trinajstić information content (AvgIpc) is 2.52. The van der Waals surface area contributed by atoms with E-state index in [1.54, 1.807) is 0 Å². The van der Waals surface area contributed by atoms with Gasteiger partial charge in [0.2, 0.25) is 0 Å². The SMILES string of the molecule is C=CCNCCCN=CCC.COP(=O)(OC)OCCO.Cl. The van der Waals surface area contributed by atoms with E-state index < -0.39 is 7.82 Å². The molecule has 0 unspecified atom stereocenters. The van der Waals surface area contributed by atoms with Crippen molar-refractivity contribution in [2.24, 2.45) is 4.99 Å². The van der Waals surface area contributed by atoms with Gasteiger partial charge in [0.25, 0.3) is 0 Å². The minimum absolute atomic E-state index is 0. The molecule has 0 rings (SSSR count). The Labute approximate surface area is 140 Å². The van der Waals surface area contributed by atoms with Gasteiger partial charge in [-0.3, -0.25) is 18.6 Å². The van der Waals surface area contributed by atoms with Gasteiger partial charge in [0.1, 0.15) is 0 Å². The first-order valence-electron chi connectivity index (χ1n) is 6.87. The van der Waals surface area contributed by atoms with Crippen molar-refractivity contribution in [2.45, 2.75) is 19.8 Å². The lowest BCUT2D eigenvalue weighted by atomic mass is 10.4. The Morgan fingerprint density at radius 1 is 1.36 bits per heavy atom. The van der Waals surface area contributed by atoms with E-state index in [0.717, 1.165) is 32.5 Å². The van der Waals surface area contributed by atoms with Crippen LogP contribution < -0.4 is 5.32 Å². The van der Waals surface area contributed by atoms with Crippen molar-refractivity contribution in [3.63, 3.8) is 0 Å². The molecule has 2 N–H and O–H groups in total. The number of phosphoric ester groups is 1. The zero-order valence-corrected chi connectivity index (χ0v) is 15.4. The fourth-order valence-corrected chi connectivity index (χ4v) is 1.72. The van der Waals surface area contributed by atoms with Gasteiger partial charge in [0, 0.05) is 27.3 Å². The molecule has 0 aromatic carbocycles. The maximum atomic E-state index is 10.9. The van der Waals surface area contributed by atoms with Crippen molar-refractivity contribution in [1.82, 2.24) is 5.32 Å². The molecule has 0 saturated heterocycles. The molecule has 0 heterocycles. The third-order valence-electron chi connectivity index (χ3n) is 2.03. The van der Waals surface area contributed by atoms with Crippen LogP contribution in [0.3, 0.4) is 0 Å². The number of phosphoric acid groups is 1. The molecular weight excluding hydrogens is 331 g/mol. The van der Waals surface area contributed by atoms with Crippen molar-refractivity contribution >= 4 is 26.4 Å². The standard InChI is InChI=1S/C9H18N2.C4H11O5P.ClH/c1-3-6-10-8-5-9-11-7-4-2;1-7-10(6,8-2)9-4-3-5;/h3,7,10H,1,4-6,8-9H2,2H3;5H,3-4H2,1-2H3;1H. The molecule has 0 fully saturated rings. The van der Waals surface area contributed by atoms with Gasteiger partial charge in [-0.15, -0.1) is 19.0 Å². The monoisotopic (exact) mass is 360 g/mol. The van der Waals surface area contributed by atoms with Crippen LogP contribution in [0.25, 0.3) is 0 Å². The van der Waals surface area contributed by atoms with Crippen LogP contribution in [0.15, 0.2) is 17.6 Å². The lowest BCUT2D eigenvalue weighted by Gasteiger charge is -2.11. The normalized spacial score (nSPS) is 10.7. The summed E-state index contributed by atoms with van der Waals surface area (Å²) in [6.45, 7) is 8.32. The number of hydrogen-bond acceptors (Lipinski definition) is 7. The Hall–Kier alpha value is -0.270. The van der Waals surface area contributed by atoms with Crippen molar-refractivity contribution in [3.05, 3.63) is 12.7 Å². The molecule has 0 bridgehead atoms. The maximum absolute atomic E-state index is 10.9. The summed E-state index contributed by atoms with van der Waals surface area (Å²) in [5.74, 6) is 0. The molecule has 0 aromatic rings. The van der Waals surface area contributed by atoms with Gasteiger partial charge in [0.15, 0.2) is 0 Å². The summed E-state index contributed by atoms with van der Waals surface area (Å²) < 4.78 is 24.2. The molecule has 0 spiro atoms. The lowest BCUT2D eigenvalue weighted by Crippen LogP contribution is -2.15. The highest BCUT2D eigenvalue weighted by Gasteiger charge is 2.21. The summed E-state index contributed by atoms with van der Waals surface area (Å²) in [6.07, 6.45) is 5.99. The van der Waals surface area contributed by atoms with Gasteiger partial charge in [-0.05, 0) is 25.6 Å². The Morgan fingerprint density at radius 3 is 2.45 bits per heavy atom. The molecule has 134 valence electrons. The summed E-state index contributed by atoms with van der Waals surface area (Å²) >= 11 is 0. The van der Waals surface area contributed by atoms with Crippen molar-refractivity contribution < 1.29 is 23.2 Å². The first-order valence-corrected chi connectivity index (χ1v) is 8.33. The van der Waals surface area contributed by atoms with E-state index in [0.29, 0.717) is 0 Å². The molecule has 0 aliphatic rings. The summed E-state index contributed by atoms with van der Waals surface area (Å²) in [4.78, 5) is 4.20. The molecule has 9 heteroatoms. The zero-order chi connectivity index (χ0) is 16.4. The number of aliphatic hydroxyl groups is 1. The van der Waals surface area contributed by atoms with Crippen LogP contribution in [0.1, 0.15) is 19.8 Å². The molecule has 0 amide bonds. The number of nitrogens with one attached hydrogen (secondary N) is 1. The van der Waals surface area contributed by atoms with Crippen molar-refractivity contribution in [3.8, 4) is 0 Å². The van der Waals surface area contributed by atoms with Crippen LogP contribution in [-0.4, -0.2) is 58.4 Å². The summed E-state index contributed by atoms with van der Waals surface area (Å²) in [7, 11) is -0.938.